The van der Waals surface area contributed by atoms with E-state index in [4.69, 9.17) is 0 Å². The molecular weight excluding hydrogens is 1630 g/mol. The highest BCUT2D eigenvalue weighted by Crippen LogP contribution is 2.43. The second-order valence-electron chi connectivity index (χ2n) is 15.1. The summed E-state index contributed by atoms with van der Waals surface area (Å²) < 4.78 is -0.136. The van der Waals surface area contributed by atoms with Crippen LogP contribution in [0.3, 0.4) is 0 Å². The highest BCUT2D eigenvalue weighted by atomic mass is 127. The van der Waals surface area contributed by atoms with Gasteiger partial charge in [-0.1, -0.05) is 0 Å². The molecule has 0 aliphatic heterocycles. The van der Waals surface area contributed by atoms with E-state index in [1.165, 1.54) is 0 Å². The summed E-state index contributed by atoms with van der Waals surface area (Å²) in [5.74, 6) is -5.58. The van der Waals surface area contributed by atoms with Crippen molar-refractivity contribution in [2.75, 3.05) is 155 Å². The Kier molecular flexibility index (Phi) is 30.5. The van der Waals surface area contributed by atoms with Crippen LogP contribution in [0.25, 0.3) is 0 Å². The molecule has 0 bridgehead atoms. The quantitative estimate of drug-likeness (QED) is 0.0355. The van der Waals surface area contributed by atoms with Crippen LogP contribution in [0.1, 0.15) is 41.4 Å². The van der Waals surface area contributed by atoms with Crippen LogP contribution >= 0.6 is 136 Å². The molecule has 0 atom stereocenters. The summed E-state index contributed by atoms with van der Waals surface area (Å²) in [6.45, 7) is -13.0. The standard InChI is InChI=1S/C41H56I6N6O18/c42-29-25(37(68)48(1-9-54)2-10-55)31(44)35(32(45)26(29)38(69)49(3-11-56)4-12-57)52(23(66)17-62)19-41(21-64,22-65)20-53(24(67)18-63)36-33(46)27(39(70)50(5-13-58)6-14-59)30(43)28(34(36)47)40(71)51(7-15-60)8-16-61/h54-65H,1-22H2. The van der Waals surface area contributed by atoms with Crippen molar-refractivity contribution in [2.24, 2.45) is 5.41 Å². The molecule has 0 aliphatic rings. The Labute approximate surface area is 490 Å². The van der Waals surface area contributed by atoms with Gasteiger partial charge in [0.05, 0.1) is 119 Å². The predicted molar refractivity (Wildman–Crippen MR) is 305 cm³/mol. The number of carbonyl (C=O) groups is 6. The smallest absolute Gasteiger partial charge is 0.256 e. The van der Waals surface area contributed by atoms with E-state index in [1.54, 1.807) is 136 Å². The SMILES string of the molecule is O=C(c1c(I)c(C(=O)N(CCO)CCO)c(I)c(N(CC(CO)(CO)CN(C(=O)CO)c2c(I)c(C(=O)N(CCO)CCO)c(I)c(C(=O)N(CCO)CCO)c2I)C(=O)CO)c1I)N(CCO)CCO. The molecule has 0 radical (unpaired) electrons. The van der Waals surface area contributed by atoms with Crippen molar-refractivity contribution in [3.8, 4) is 0 Å². The van der Waals surface area contributed by atoms with Crippen LogP contribution in [0.15, 0.2) is 0 Å². The largest absolute Gasteiger partial charge is 0.396 e. The lowest BCUT2D eigenvalue weighted by molar-refractivity contribution is -0.122. The molecule has 71 heavy (non-hydrogen) atoms. The summed E-state index contributed by atoms with van der Waals surface area (Å²) in [4.78, 5) is 92.3. The molecule has 0 fully saturated rings. The molecule has 2 aromatic carbocycles. The van der Waals surface area contributed by atoms with Crippen molar-refractivity contribution in [3.05, 3.63) is 43.7 Å². The zero-order chi connectivity index (χ0) is 53.9. The molecule has 400 valence electrons. The summed E-state index contributed by atoms with van der Waals surface area (Å²) in [6.07, 6.45) is 0. The van der Waals surface area contributed by atoms with Crippen molar-refractivity contribution in [3.63, 3.8) is 0 Å². The van der Waals surface area contributed by atoms with Gasteiger partial charge in [0, 0.05) is 72.6 Å². The van der Waals surface area contributed by atoms with E-state index in [9.17, 15) is 90.0 Å². The number of amides is 6. The number of aliphatic hydroxyl groups excluding tert-OH is 12. The molecule has 0 heterocycles. The van der Waals surface area contributed by atoms with E-state index < -0.39 is 133 Å². The molecular formula is C41H56I6N6O18. The second-order valence-corrected chi connectivity index (χ2v) is 21.6. The number of benzene rings is 2. The van der Waals surface area contributed by atoms with Gasteiger partial charge in [0.1, 0.15) is 13.2 Å². The molecule has 30 heteroatoms. The van der Waals surface area contributed by atoms with Gasteiger partial charge in [0.15, 0.2) is 0 Å². The Morgan fingerprint density at radius 2 is 0.535 bits per heavy atom. The highest BCUT2D eigenvalue weighted by Gasteiger charge is 2.43. The van der Waals surface area contributed by atoms with Gasteiger partial charge in [-0.15, -0.1) is 0 Å². The van der Waals surface area contributed by atoms with E-state index in [0.717, 1.165) is 29.4 Å². The minimum atomic E-state index is -2.12. The number of hydrogen-bond donors (Lipinski definition) is 12. The van der Waals surface area contributed by atoms with Gasteiger partial charge in [0.25, 0.3) is 35.4 Å². The summed E-state index contributed by atoms with van der Waals surface area (Å²) >= 11 is 10.4. The normalized spacial score (nSPS) is 11.4. The number of halogens is 6. The van der Waals surface area contributed by atoms with Gasteiger partial charge < -0.3 is 90.7 Å². The van der Waals surface area contributed by atoms with Gasteiger partial charge in [0.2, 0.25) is 0 Å². The van der Waals surface area contributed by atoms with Crippen LogP contribution in [-0.4, -0.2) is 261 Å². The van der Waals surface area contributed by atoms with Crippen LogP contribution in [0.2, 0.25) is 0 Å². The molecule has 24 nitrogen and oxygen atoms in total. The van der Waals surface area contributed by atoms with E-state index >= 15 is 0 Å². The van der Waals surface area contributed by atoms with Gasteiger partial charge in [-0.05, 0) is 136 Å². The first-order chi connectivity index (χ1) is 33.7. The molecule has 0 unspecified atom stereocenters. The Morgan fingerprint density at radius 3 is 0.690 bits per heavy atom. The van der Waals surface area contributed by atoms with Gasteiger partial charge in [-0.25, -0.2) is 0 Å². The third kappa shape index (κ3) is 16.1. The maximum Gasteiger partial charge on any atom is 0.256 e. The van der Waals surface area contributed by atoms with Crippen LogP contribution in [0, 0.1) is 26.8 Å². The fourth-order valence-electron chi connectivity index (χ4n) is 7.11. The van der Waals surface area contributed by atoms with E-state index in [0.29, 0.717) is 0 Å². The third-order valence-electron chi connectivity index (χ3n) is 10.6. The van der Waals surface area contributed by atoms with E-state index in [2.05, 4.69) is 0 Å². The summed E-state index contributed by atoms with van der Waals surface area (Å²) in [6, 6.07) is 0. The third-order valence-corrected chi connectivity index (χ3v) is 17.0. The number of rotatable bonds is 30. The van der Waals surface area contributed by atoms with Gasteiger partial charge >= 0.3 is 0 Å². The predicted octanol–water partition coefficient (Wildman–Crippen LogP) is -2.66. The molecule has 6 amide bonds. The summed E-state index contributed by atoms with van der Waals surface area (Å²) in [5.41, 5.74) is -3.49. The molecule has 0 aromatic heterocycles. The topological polar surface area (TPSA) is 365 Å². The first-order valence-electron chi connectivity index (χ1n) is 21.2. The number of anilines is 2. The monoisotopic (exact) mass is 1680 g/mol. The van der Waals surface area contributed by atoms with Crippen LogP contribution in [0.4, 0.5) is 11.4 Å². The lowest BCUT2D eigenvalue weighted by Gasteiger charge is -2.41. The van der Waals surface area contributed by atoms with Crippen LogP contribution < -0.4 is 9.80 Å². The maximum absolute atomic E-state index is 14.4. The fourth-order valence-corrected chi connectivity index (χ4v) is 16.5. The average molecular weight is 1680 g/mol. The molecule has 2 rings (SSSR count). The lowest BCUT2D eigenvalue weighted by Crippen LogP contribution is -2.54. The van der Waals surface area contributed by atoms with Gasteiger partial charge in [-0.3, -0.25) is 28.8 Å². The molecule has 0 spiro atoms. The number of aliphatic hydroxyl groups is 12. The average Bonchev–Trinajstić information content (AvgIpc) is 3.34. The first kappa shape index (κ1) is 66.3. The molecule has 0 saturated carbocycles. The number of carbonyl (C=O) groups excluding carboxylic acids is 6. The molecule has 2 aromatic rings. The second kappa shape index (κ2) is 32.7. The van der Waals surface area contributed by atoms with Crippen LogP contribution in [0.5, 0.6) is 0 Å². The van der Waals surface area contributed by atoms with Crippen molar-refractivity contribution < 1.29 is 90.0 Å². The minimum absolute atomic E-state index is 0.00949. The zero-order valence-corrected chi connectivity index (χ0v) is 50.8. The summed E-state index contributed by atoms with van der Waals surface area (Å²) in [7, 11) is 0. The lowest BCUT2D eigenvalue weighted by atomic mass is 9.87. The molecule has 0 aliphatic carbocycles. The van der Waals surface area contributed by atoms with E-state index in [-0.39, 0.29) is 107 Å². The molecule has 12 N–H and O–H groups in total. The van der Waals surface area contributed by atoms with Crippen LogP contribution in [-0.2, 0) is 9.59 Å². The molecule has 0 saturated heterocycles. The Bertz CT molecular complexity index is 1910. The van der Waals surface area contributed by atoms with Crippen molar-refractivity contribution in [1.29, 1.82) is 0 Å². The Morgan fingerprint density at radius 1 is 0.338 bits per heavy atom. The van der Waals surface area contributed by atoms with Gasteiger partial charge in [-0.2, -0.15) is 0 Å². The number of hydrogen-bond acceptors (Lipinski definition) is 18. The summed E-state index contributed by atoms with van der Waals surface area (Å²) in [5, 5.41) is 123. The fraction of sp³-hybridized carbons (Fsp3) is 0.561. The van der Waals surface area contributed by atoms with Crippen molar-refractivity contribution in [2.45, 2.75) is 0 Å². The zero-order valence-electron chi connectivity index (χ0n) is 37.8. The first-order valence-corrected chi connectivity index (χ1v) is 27.7. The Balaban J connectivity index is 3.29. The minimum Gasteiger partial charge on any atom is -0.396 e. The van der Waals surface area contributed by atoms with Crippen molar-refractivity contribution in [1.82, 2.24) is 19.6 Å². The number of nitrogens with zero attached hydrogens (tertiary/aromatic N) is 6. The van der Waals surface area contributed by atoms with Crippen molar-refractivity contribution >= 4 is 182 Å². The van der Waals surface area contributed by atoms with E-state index in [1.807, 2.05) is 0 Å². The maximum atomic E-state index is 14.4. The highest BCUT2D eigenvalue weighted by molar-refractivity contribution is 14.1. The Hall–Kier alpha value is -0.840.